The van der Waals surface area contributed by atoms with Crippen LogP contribution in [0.1, 0.15) is 22.7 Å². The standard InChI is InChI=1S/C56H36N4S/c1-4-17-37(18-5-1)50-34-47-54(61-50)56(58-55(57-47)38-19-6-2-7-20-38)60-48-31-29-39(33-46(48)44-30-27-36-16-11-13-24-42(36)52(44)60)43-25-14-26-45-51-41-23-12-10-15-35(41)28-32-49(51)59(53(43)45)40-21-8-3-9-22-40/h1-32,34,39H,33H2. The molecule has 0 bridgehead atoms. The Kier molecular flexibility index (Phi) is 7.57. The zero-order valence-corrected chi connectivity index (χ0v) is 33.9. The number of rotatable bonds is 5. The summed E-state index contributed by atoms with van der Waals surface area (Å²) in [5.74, 6) is 1.78. The summed E-state index contributed by atoms with van der Waals surface area (Å²) in [6, 6.07) is 67.9. The lowest BCUT2D eigenvalue weighted by molar-refractivity contribution is 0.826. The zero-order chi connectivity index (χ0) is 40.0. The van der Waals surface area contributed by atoms with Crippen molar-refractivity contribution in [3.63, 3.8) is 0 Å². The van der Waals surface area contributed by atoms with Crippen LogP contribution in [0.25, 0.3) is 104 Å². The van der Waals surface area contributed by atoms with Crippen molar-refractivity contribution in [3.05, 3.63) is 211 Å². The average molecular weight is 797 g/mol. The summed E-state index contributed by atoms with van der Waals surface area (Å²) in [6.07, 6.45) is 5.67. The Morgan fingerprint density at radius 1 is 0.525 bits per heavy atom. The topological polar surface area (TPSA) is 35.6 Å². The molecule has 1 unspecified atom stereocenters. The van der Waals surface area contributed by atoms with Gasteiger partial charge in [-0.05, 0) is 69.6 Å². The summed E-state index contributed by atoms with van der Waals surface area (Å²) in [7, 11) is 0. The van der Waals surface area contributed by atoms with Gasteiger partial charge in [-0.1, -0.05) is 170 Å². The Morgan fingerprint density at radius 3 is 2.00 bits per heavy atom. The van der Waals surface area contributed by atoms with Gasteiger partial charge in [0.15, 0.2) is 11.6 Å². The van der Waals surface area contributed by atoms with Crippen molar-refractivity contribution < 1.29 is 0 Å². The molecule has 0 saturated carbocycles. The van der Waals surface area contributed by atoms with Crippen molar-refractivity contribution in [2.75, 3.05) is 0 Å². The Labute approximate surface area is 355 Å². The lowest BCUT2D eigenvalue weighted by atomic mass is 9.85. The molecule has 286 valence electrons. The van der Waals surface area contributed by atoms with Crippen LogP contribution in [0.4, 0.5) is 0 Å². The number of benzene rings is 8. The molecule has 12 aromatic rings. The van der Waals surface area contributed by atoms with Gasteiger partial charge in [-0.15, -0.1) is 11.3 Å². The molecule has 5 heteroatoms. The average Bonchev–Trinajstić information content (AvgIpc) is 4.03. The fourth-order valence-corrected chi connectivity index (χ4v) is 11.1. The van der Waals surface area contributed by atoms with Crippen LogP contribution in [0, 0.1) is 0 Å². The second-order valence-corrected chi connectivity index (χ2v) is 17.1. The first-order valence-electron chi connectivity index (χ1n) is 20.9. The highest BCUT2D eigenvalue weighted by molar-refractivity contribution is 7.22. The molecule has 0 fully saturated rings. The molecule has 13 rings (SSSR count). The third-order valence-electron chi connectivity index (χ3n) is 12.7. The van der Waals surface area contributed by atoms with Crippen LogP contribution < -0.4 is 0 Å². The Hall–Kier alpha value is -7.60. The fourth-order valence-electron chi connectivity index (χ4n) is 9.99. The quantitative estimate of drug-likeness (QED) is 0.174. The van der Waals surface area contributed by atoms with E-state index in [1.165, 1.54) is 87.2 Å². The molecule has 1 aliphatic carbocycles. The van der Waals surface area contributed by atoms with E-state index in [0.717, 1.165) is 33.8 Å². The largest absolute Gasteiger partial charge is 0.309 e. The lowest BCUT2D eigenvalue weighted by Gasteiger charge is -2.21. The van der Waals surface area contributed by atoms with E-state index in [2.05, 4.69) is 203 Å². The molecule has 1 aliphatic rings. The predicted molar refractivity (Wildman–Crippen MR) is 256 cm³/mol. The Morgan fingerprint density at radius 2 is 1.20 bits per heavy atom. The van der Waals surface area contributed by atoms with Crippen molar-refractivity contribution in [1.29, 1.82) is 0 Å². The van der Waals surface area contributed by atoms with E-state index in [0.29, 0.717) is 0 Å². The second-order valence-electron chi connectivity index (χ2n) is 16.1. The number of para-hydroxylation sites is 2. The molecule has 0 aliphatic heterocycles. The third-order valence-corrected chi connectivity index (χ3v) is 13.9. The summed E-state index contributed by atoms with van der Waals surface area (Å²) < 4.78 is 6.03. The number of aromatic nitrogens is 4. The van der Waals surface area contributed by atoms with Crippen LogP contribution in [-0.2, 0) is 6.42 Å². The first-order chi connectivity index (χ1) is 30.3. The molecule has 4 aromatic heterocycles. The molecule has 0 saturated heterocycles. The summed E-state index contributed by atoms with van der Waals surface area (Å²) in [4.78, 5) is 11.9. The van der Waals surface area contributed by atoms with Crippen molar-refractivity contribution in [3.8, 4) is 33.3 Å². The molecule has 4 heterocycles. The third kappa shape index (κ3) is 5.24. The van der Waals surface area contributed by atoms with E-state index in [1.807, 2.05) is 6.07 Å². The van der Waals surface area contributed by atoms with Gasteiger partial charge in [-0.25, -0.2) is 9.97 Å². The molecular weight excluding hydrogens is 761 g/mol. The summed E-state index contributed by atoms with van der Waals surface area (Å²) in [6.45, 7) is 0. The van der Waals surface area contributed by atoms with Gasteiger partial charge in [0.2, 0.25) is 0 Å². The summed E-state index contributed by atoms with van der Waals surface area (Å²) in [5.41, 5.74) is 11.8. The van der Waals surface area contributed by atoms with Gasteiger partial charge in [0, 0.05) is 43.6 Å². The minimum Gasteiger partial charge on any atom is -0.309 e. The fraction of sp³-hybridized carbons (Fsp3) is 0.0357. The van der Waals surface area contributed by atoms with Crippen molar-refractivity contribution in [2.24, 2.45) is 0 Å². The highest BCUT2D eigenvalue weighted by Crippen LogP contribution is 2.46. The molecular formula is C56H36N4S. The molecule has 0 radical (unpaired) electrons. The van der Waals surface area contributed by atoms with E-state index in [1.54, 1.807) is 11.3 Å². The maximum Gasteiger partial charge on any atom is 0.162 e. The van der Waals surface area contributed by atoms with Gasteiger partial charge in [0.05, 0.1) is 32.5 Å². The molecule has 8 aromatic carbocycles. The number of hydrogen-bond donors (Lipinski definition) is 0. The molecule has 0 spiro atoms. The van der Waals surface area contributed by atoms with E-state index < -0.39 is 0 Å². The molecule has 1 atom stereocenters. The number of fused-ring (bicyclic) bond motifs is 11. The van der Waals surface area contributed by atoms with Crippen LogP contribution in [0.2, 0.25) is 0 Å². The van der Waals surface area contributed by atoms with Crippen LogP contribution in [0.5, 0.6) is 0 Å². The Bertz CT molecular complexity index is 3730. The molecule has 4 nitrogen and oxygen atoms in total. The van der Waals surface area contributed by atoms with Gasteiger partial charge in [0.25, 0.3) is 0 Å². The SMILES string of the molecule is C1=CC(c2cccc3c4c5ccccc5ccc4n(-c4ccccc4)c23)Cc2c1n(-c1nc(-c3ccccc3)nc3cc(-c4ccccc4)sc13)c1c2ccc2ccccc21. The van der Waals surface area contributed by atoms with Gasteiger partial charge in [-0.3, -0.25) is 4.57 Å². The number of nitrogens with zero attached hydrogens (tertiary/aromatic N) is 4. The minimum atomic E-state index is 0.136. The summed E-state index contributed by atoms with van der Waals surface area (Å²) >= 11 is 1.77. The van der Waals surface area contributed by atoms with E-state index >= 15 is 0 Å². The van der Waals surface area contributed by atoms with E-state index in [9.17, 15) is 0 Å². The Balaban J connectivity index is 1.08. The van der Waals surface area contributed by atoms with Crippen LogP contribution in [0.3, 0.4) is 0 Å². The molecule has 0 N–H and O–H groups in total. The first kappa shape index (κ1) is 34.3. The van der Waals surface area contributed by atoms with Gasteiger partial charge in [-0.2, -0.15) is 0 Å². The van der Waals surface area contributed by atoms with Crippen LogP contribution >= 0.6 is 11.3 Å². The first-order valence-corrected chi connectivity index (χ1v) is 21.7. The highest BCUT2D eigenvalue weighted by atomic mass is 32.1. The maximum atomic E-state index is 5.52. The second kappa shape index (κ2) is 13.5. The minimum absolute atomic E-state index is 0.136. The van der Waals surface area contributed by atoms with E-state index in [-0.39, 0.29) is 5.92 Å². The monoisotopic (exact) mass is 796 g/mol. The highest BCUT2D eigenvalue weighted by Gasteiger charge is 2.29. The van der Waals surface area contributed by atoms with Crippen molar-refractivity contribution >= 4 is 81.9 Å². The number of allylic oxidation sites excluding steroid dienone is 1. The van der Waals surface area contributed by atoms with Crippen LogP contribution in [-0.4, -0.2) is 19.1 Å². The van der Waals surface area contributed by atoms with Crippen molar-refractivity contribution in [1.82, 2.24) is 19.1 Å². The van der Waals surface area contributed by atoms with Gasteiger partial charge < -0.3 is 4.57 Å². The van der Waals surface area contributed by atoms with Gasteiger partial charge >= 0.3 is 0 Å². The van der Waals surface area contributed by atoms with Crippen molar-refractivity contribution in [2.45, 2.75) is 12.3 Å². The normalized spacial score (nSPS) is 13.9. The lowest BCUT2D eigenvalue weighted by Crippen LogP contribution is -2.10. The van der Waals surface area contributed by atoms with Crippen LogP contribution in [0.15, 0.2) is 194 Å². The predicted octanol–water partition coefficient (Wildman–Crippen LogP) is 14.7. The summed E-state index contributed by atoms with van der Waals surface area (Å²) in [5, 5.41) is 8.80. The molecule has 61 heavy (non-hydrogen) atoms. The molecule has 0 amide bonds. The zero-order valence-electron chi connectivity index (χ0n) is 33.0. The maximum absolute atomic E-state index is 5.52. The number of hydrogen-bond acceptors (Lipinski definition) is 3. The van der Waals surface area contributed by atoms with Gasteiger partial charge in [0.1, 0.15) is 0 Å². The number of thiophene rings is 1. The van der Waals surface area contributed by atoms with E-state index in [4.69, 9.17) is 9.97 Å². The smallest absolute Gasteiger partial charge is 0.162 e.